The second kappa shape index (κ2) is 6.05. The first-order valence-electron chi connectivity index (χ1n) is 9.10. The van der Waals surface area contributed by atoms with Crippen LogP contribution in [-0.2, 0) is 4.74 Å². The van der Waals surface area contributed by atoms with E-state index in [1.165, 1.54) is 18.5 Å². The van der Waals surface area contributed by atoms with E-state index in [2.05, 4.69) is 4.98 Å². The highest BCUT2D eigenvalue weighted by Gasteiger charge is 2.41. The van der Waals surface area contributed by atoms with Crippen LogP contribution in [0.1, 0.15) is 58.3 Å². The number of imidazole rings is 1. The van der Waals surface area contributed by atoms with Gasteiger partial charge < -0.3 is 9.64 Å². The number of amides is 1. The summed E-state index contributed by atoms with van der Waals surface area (Å²) in [7, 11) is 0. The van der Waals surface area contributed by atoms with Crippen molar-refractivity contribution in [1.29, 1.82) is 0 Å². The standard InChI is InChI=1S/C19H17ClFN3O3/c20-15-11(21)5-6-12-14(15)18(25)23-7-1-2-13(23)17-16(22-9-24(12)17)19(26)27-8-10-3-4-10/h5-6,9-10,13H,1-4,7-8H2/t13-/m0/s1. The molecule has 1 aromatic heterocycles. The number of rotatable bonds is 3. The van der Waals surface area contributed by atoms with E-state index in [-0.39, 0.29) is 28.2 Å². The van der Waals surface area contributed by atoms with Gasteiger partial charge in [0.25, 0.3) is 5.91 Å². The number of benzene rings is 1. The third-order valence-electron chi connectivity index (χ3n) is 5.52. The lowest BCUT2D eigenvalue weighted by atomic mass is 10.1. The van der Waals surface area contributed by atoms with Gasteiger partial charge in [-0.1, -0.05) is 11.6 Å². The first-order valence-corrected chi connectivity index (χ1v) is 9.47. The molecule has 1 saturated heterocycles. The van der Waals surface area contributed by atoms with Gasteiger partial charge >= 0.3 is 5.97 Å². The molecule has 0 bridgehead atoms. The minimum absolute atomic E-state index is 0.109. The normalized spacial score (nSPS) is 20.7. The van der Waals surface area contributed by atoms with Crippen LogP contribution in [0.5, 0.6) is 0 Å². The number of aromatic nitrogens is 2. The van der Waals surface area contributed by atoms with Crippen molar-refractivity contribution >= 4 is 23.5 Å². The number of halogens is 2. The van der Waals surface area contributed by atoms with Crippen LogP contribution in [0.3, 0.4) is 0 Å². The fourth-order valence-corrected chi connectivity index (χ4v) is 4.19. The zero-order valence-electron chi connectivity index (χ0n) is 14.5. The average Bonchev–Trinajstić information content (AvgIpc) is 3.21. The van der Waals surface area contributed by atoms with Gasteiger partial charge in [-0.25, -0.2) is 14.2 Å². The van der Waals surface area contributed by atoms with E-state index in [9.17, 15) is 14.0 Å². The molecule has 1 amide bonds. The molecule has 3 aliphatic rings. The van der Waals surface area contributed by atoms with Crippen molar-refractivity contribution in [2.75, 3.05) is 13.2 Å². The molecule has 1 aromatic carbocycles. The number of carbonyl (C=O) groups is 2. The molecule has 1 atom stereocenters. The molecule has 1 aliphatic carbocycles. The summed E-state index contributed by atoms with van der Waals surface area (Å²) in [6.07, 6.45) is 5.15. The van der Waals surface area contributed by atoms with Crippen molar-refractivity contribution in [3.05, 3.63) is 46.3 Å². The average molecular weight is 390 g/mol. The van der Waals surface area contributed by atoms with Crippen molar-refractivity contribution in [3.63, 3.8) is 0 Å². The van der Waals surface area contributed by atoms with Gasteiger partial charge in [0.05, 0.1) is 34.6 Å². The molecule has 6 nitrogen and oxygen atoms in total. The van der Waals surface area contributed by atoms with Crippen LogP contribution >= 0.6 is 11.6 Å². The molecule has 0 N–H and O–H groups in total. The number of esters is 1. The lowest BCUT2D eigenvalue weighted by Gasteiger charge is -2.23. The third kappa shape index (κ3) is 2.56. The second-order valence-corrected chi connectivity index (χ2v) is 7.68. The van der Waals surface area contributed by atoms with Crippen LogP contribution < -0.4 is 0 Å². The van der Waals surface area contributed by atoms with Gasteiger partial charge in [0.2, 0.25) is 0 Å². The van der Waals surface area contributed by atoms with E-state index in [1.807, 2.05) is 0 Å². The van der Waals surface area contributed by atoms with Crippen LogP contribution in [0.2, 0.25) is 5.02 Å². The highest BCUT2D eigenvalue weighted by molar-refractivity contribution is 6.34. The lowest BCUT2D eigenvalue weighted by molar-refractivity contribution is 0.0473. The second-order valence-electron chi connectivity index (χ2n) is 7.30. The summed E-state index contributed by atoms with van der Waals surface area (Å²) in [4.78, 5) is 31.7. The Labute approximate surface area is 159 Å². The van der Waals surface area contributed by atoms with Crippen LogP contribution in [-0.4, -0.2) is 39.5 Å². The zero-order valence-corrected chi connectivity index (χ0v) is 15.2. The Hall–Kier alpha value is -2.41. The smallest absolute Gasteiger partial charge is 0.358 e. The van der Waals surface area contributed by atoms with Gasteiger partial charge in [-0.3, -0.25) is 9.36 Å². The summed E-state index contributed by atoms with van der Waals surface area (Å²) >= 11 is 6.15. The van der Waals surface area contributed by atoms with Gasteiger partial charge in [0.1, 0.15) is 12.1 Å². The van der Waals surface area contributed by atoms with E-state index in [4.69, 9.17) is 16.3 Å². The molecule has 1 saturated carbocycles. The van der Waals surface area contributed by atoms with E-state index < -0.39 is 11.8 Å². The number of carbonyl (C=O) groups excluding carboxylic acids is 2. The highest BCUT2D eigenvalue weighted by Crippen LogP contribution is 2.42. The van der Waals surface area contributed by atoms with Gasteiger partial charge in [-0.05, 0) is 43.7 Å². The lowest BCUT2D eigenvalue weighted by Crippen LogP contribution is -2.30. The SMILES string of the molecule is O=C(OCC1CC1)c1ncn2c1[C@@H]1CCCN1C(=O)c1c-2ccc(F)c1Cl. The Kier molecular flexibility index (Phi) is 3.75. The maximum atomic E-state index is 14.0. The zero-order chi connectivity index (χ0) is 18.7. The van der Waals surface area contributed by atoms with Gasteiger partial charge in [-0.15, -0.1) is 0 Å². The first-order chi connectivity index (χ1) is 13.1. The number of hydrogen-bond acceptors (Lipinski definition) is 4. The molecular weight excluding hydrogens is 373 g/mol. The van der Waals surface area contributed by atoms with E-state index >= 15 is 0 Å². The van der Waals surface area contributed by atoms with E-state index in [0.717, 1.165) is 19.3 Å². The minimum Gasteiger partial charge on any atom is -0.461 e. The van der Waals surface area contributed by atoms with E-state index in [1.54, 1.807) is 9.47 Å². The van der Waals surface area contributed by atoms with Crippen molar-refractivity contribution in [1.82, 2.24) is 14.5 Å². The van der Waals surface area contributed by atoms with Crippen LogP contribution in [0, 0.1) is 11.7 Å². The molecule has 2 aliphatic heterocycles. The fourth-order valence-electron chi connectivity index (χ4n) is 3.95. The highest BCUT2D eigenvalue weighted by atomic mass is 35.5. The minimum atomic E-state index is -0.646. The van der Waals surface area contributed by atoms with Crippen molar-refractivity contribution < 1.29 is 18.7 Å². The van der Waals surface area contributed by atoms with Gasteiger partial charge in [-0.2, -0.15) is 0 Å². The third-order valence-corrected chi connectivity index (χ3v) is 5.89. The summed E-state index contributed by atoms with van der Waals surface area (Å²) in [5.41, 5.74) is 1.37. The Bertz CT molecular complexity index is 969. The Morgan fingerprint density at radius 3 is 2.93 bits per heavy atom. The van der Waals surface area contributed by atoms with E-state index in [0.29, 0.717) is 36.9 Å². The van der Waals surface area contributed by atoms with Crippen LogP contribution in [0.25, 0.3) is 5.69 Å². The molecule has 0 unspecified atom stereocenters. The monoisotopic (exact) mass is 389 g/mol. The Morgan fingerprint density at radius 2 is 2.15 bits per heavy atom. The summed E-state index contributed by atoms with van der Waals surface area (Å²) in [5, 5.41) is -0.206. The van der Waals surface area contributed by atoms with Crippen molar-refractivity contribution in [3.8, 4) is 5.69 Å². The molecule has 5 rings (SSSR count). The molecule has 0 radical (unpaired) electrons. The van der Waals surface area contributed by atoms with Crippen molar-refractivity contribution in [2.45, 2.75) is 31.7 Å². The topological polar surface area (TPSA) is 64.4 Å². The summed E-state index contributed by atoms with van der Waals surface area (Å²) in [6.45, 7) is 0.920. The molecule has 2 aromatic rings. The number of fused-ring (bicyclic) bond motifs is 5. The quantitative estimate of drug-likeness (QED) is 0.753. The Balaban J connectivity index is 1.66. The van der Waals surface area contributed by atoms with Crippen LogP contribution in [0.15, 0.2) is 18.5 Å². The Morgan fingerprint density at radius 1 is 1.33 bits per heavy atom. The van der Waals surface area contributed by atoms with Crippen molar-refractivity contribution in [2.24, 2.45) is 5.92 Å². The largest absolute Gasteiger partial charge is 0.461 e. The molecule has 8 heteroatoms. The molecule has 3 heterocycles. The molecule has 2 fully saturated rings. The predicted molar refractivity (Wildman–Crippen MR) is 94.6 cm³/mol. The summed E-state index contributed by atoms with van der Waals surface area (Å²) < 4.78 is 21.1. The fraction of sp³-hybridized carbons (Fsp3) is 0.421. The number of ether oxygens (including phenoxy) is 1. The van der Waals surface area contributed by atoms with Crippen LogP contribution in [0.4, 0.5) is 4.39 Å². The summed E-state index contributed by atoms with van der Waals surface area (Å²) in [6, 6.07) is 2.41. The number of hydrogen-bond donors (Lipinski definition) is 0. The molecular formula is C19H17ClFN3O3. The summed E-state index contributed by atoms with van der Waals surface area (Å²) in [5.74, 6) is -1.00. The maximum absolute atomic E-state index is 14.0. The molecule has 0 spiro atoms. The maximum Gasteiger partial charge on any atom is 0.358 e. The predicted octanol–water partition coefficient (Wildman–Crippen LogP) is 3.52. The molecule has 27 heavy (non-hydrogen) atoms. The molecule has 140 valence electrons. The number of nitrogens with zero attached hydrogens (tertiary/aromatic N) is 3. The van der Waals surface area contributed by atoms with Gasteiger partial charge in [0, 0.05) is 6.54 Å². The van der Waals surface area contributed by atoms with Gasteiger partial charge in [0.15, 0.2) is 5.69 Å². The first kappa shape index (κ1) is 16.7.